The second-order valence-electron chi connectivity index (χ2n) is 4.07. The Balaban J connectivity index is 2.11. The third-order valence-corrected chi connectivity index (χ3v) is 2.67. The predicted molar refractivity (Wildman–Crippen MR) is 69.3 cm³/mol. The molecule has 0 aliphatic carbocycles. The lowest BCUT2D eigenvalue weighted by atomic mass is 10.1. The number of pyridine rings is 1. The van der Waals surface area contributed by atoms with Crippen LogP contribution >= 0.6 is 0 Å². The molecule has 0 spiro atoms. The van der Waals surface area contributed by atoms with Gasteiger partial charge < -0.3 is 5.32 Å². The van der Waals surface area contributed by atoms with E-state index in [4.69, 9.17) is 0 Å². The number of rotatable bonds is 8. The molecule has 16 heavy (non-hydrogen) atoms. The standard InChI is InChI=1S/C14H22N2/c1-3-4-5-6-8-11-15-13(2)14-10-7-9-12-16-14/h3,7,9-10,12-13,15H,1,4-6,8,11H2,2H3. The van der Waals surface area contributed by atoms with Crippen LogP contribution in [0.1, 0.15) is 44.3 Å². The van der Waals surface area contributed by atoms with E-state index in [1.165, 1.54) is 19.3 Å². The Bertz CT molecular complexity index is 282. The zero-order chi connectivity index (χ0) is 11.6. The number of aromatic nitrogens is 1. The van der Waals surface area contributed by atoms with Crippen molar-refractivity contribution in [3.8, 4) is 0 Å². The van der Waals surface area contributed by atoms with Crippen molar-refractivity contribution < 1.29 is 0 Å². The zero-order valence-corrected chi connectivity index (χ0v) is 10.2. The summed E-state index contributed by atoms with van der Waals surface area (Å²) < 4.78 is 0. The van der Waals surface area contributed by atoms with Crippen LogP contribution < -0.4 is 5.32 Å². The molecule has 0 amide bonds. The Morgan fingerprint density at radius 3 is 2.94 bits per heavy atom. The van der Waals surface area contributed by atoms with Crippen molar-refractivity contribution in [1.29, 1.82) is 0 Å². The number of hydrogen-bond donors (Lipinski definition) is 1. The molecule has 1 rings (SSSR count). The van der Waals surface area contributed by atoms with Gasteiger partial charge in [0.05, 0.1) is 5.69 Å². The Hall–Kier alpha value is -1.15. The second kappa shape index (κ2) is 8.05. The minimum absolute atomic E-state index is 0.348. The van der Waals surface area contributed by atoms with Crippen molar-refractivity contribution in [1.82, 2.24) is 10.3 Å². The van der Waals surface area contributed by atoms with Crippen LogP contribution in [-0.4, -0.2) is 11.5 Å². The van der Waals surface area contributed by atoms with Crippen molar-refractivity contribution >= 4 is 0 Å². The summed E-state index contributed by atoms with van der Waals surface area (Å²) in [5, 5.41) is 3.49. The fraction of sp³-hybridized carbons (Fsp3) is 0.500. The van der Waals surface area contributed by atoms with Crippen LogP contribution in [-0.2, 0) is 0 Å². The number of nitrogens with one attached hydrogen (secondary N) is 1. The normalized spacial score (nSPS) is 12.3. The van der Waals surface area contributed by atoms with Crippen molar-refractivity contribution in [3.05, 3.63) is 42.7 Å². The molecule has 2 heteroatoms. The highest BCUT2D eigenvalue weighted by molar-refractivity contribution is 5.07. The van der Waals surface area contributed by atoms with Crippen LogP contribution in [0.15, 0.2) is 37.1 Å². The van der Waals surface area contributed by atoms with Crippen molar-refractivity contribution in [3.63, 3.8) is 0 Å². The molecule has 0 aromatic carbocycles. The molecule has 0 aliphatic rings. The van der Waals surface area contributed by atoms with Gasteiger partial charge in [0.2, 0.25) is 0 Å². The van der Waals surface area contributed by atoms with Gasteiger partial charge in [0.15, 0.2) is 0 Å². The average Bonchev–Trinajstić information content (AvgIpc) is 2.34. The highest BCUT2D eigenvalue weighted by Gasteiger charge is 2.03. The van der Waals surface area contributed by atoms with Gasteiger partial charge >= 0.3 is 0 Å². The van der Waals surface area contributed by atoms with Crippen LogP contribution in [0.4, 0.5) is 0 Å². The van der Waals surface area contributed by atoms with Gasteiger partial charge in [0.1, 0.15) is 0 Å². The average molecular weight is 218 g/mol. The van der Waals surface area contributed by atoms with E-state index in [9.17, 15) is 0 Å². The maximum absolute atomic E-state index is 4.33. The number of nitrogens with zero attached hydrogens (tertiary/aromatic N) is 1. The third kappa shape index (κ3) is 5.08. The van der Waals surface area contributed by atoms with Gasteiger partial charge in [0, 0.05) is 12.2 Å². The molecule has 0 saturated heterocycles. The molecule has 0 aliphatic heterocycles. The number of unbranched alkanes of at least 4 members (excludes halogenated alkanes) is 3. The van der Waals surface area contributed by atoms with Crippen LogP contribution in [0.25, 0.3) is 0 Å². The van der Waals surface area contributed by atoms with E-state index in [-0.39, 0.29) is 0 Å². The molecule has 0 radical (unpaired) electrons. The lowest BCUT2D eigenvalue weighted by Gasteiger charge is -2.12. The quantitative estimate of drug-likeness (QED) is 0.534. The Morgan fingerprint density at radius 1 is 1.38 bits per heavy atom. The summed E-state index contributed by atoms with van der Waals surface area (Å²) in [6.07, 6.45) is 8.72. The molecule has 1 atom stereocenters. The zero-order valence-electron chi connectivity index (χ0n) is 10.2. The van der Waals surface area contributed by atoms with E-state index in [0.29, 0.717) is 6.04 Å². The van der Waals surface area contributed by atoms with Crippen LogP contribution in [0.5, 0.6) is 0 Å². The molecule has 1 aromatic heterocycles. The van der Waals surface area contributed by atoms with Crippen molar-refractivity contribution in [2.24, 2.45) is 0 Å². The molecule has 0 saturated carbocycles. The highest BCUT2D eigenvalue weighted by Crippen LogP contribution is 2.08. The summed E-state index contributed by atoms with van der Waals surface area (Å²) in [4.78, 5) is 4.33. The summed E-state index contributed by atoms with van der Waals surface area (Å²) in [6.45, 7) is 6.95. The Labute approximate surface area is 98.8 Å². The first kappa shape index (κ1) is 12.9. The number of allylic oxidation sites excluding steroid dienone is 1. The van der Waals surface area contributed by atoms with E-state index in [2.05, 4.69) is 29.9 Å². The smallest absolute Gasteiger partial charge is 0.0570 e. The highest BCUT2D eigenvalue weighted by atomic mass is 14.9. The van der Waals surface area contributed by atoms with Crippen molar-refractivity contribution in [2.75, 3.05) is 6.54 Å². The first-order valence-corrected chi connectivity index (χ1v) is 6.10. The summed E-state index contributed by atoms with van der Waals surface area (Å²) in [5.74, 6) is 0. The lowest BCUT2D eigenvalue weighted by Crippen LogP contribution is -2.20. The molecular formula is C14H22N2. The summed E-state index contributed by atoms with van der Waals surface area (Å²) >= 11 is 0. The summed E-state index contributed by atoms with van der Waals surface area (Å²) in [6, 6.07) is 6.39. The summed E-state index contributed by atoms with van der Waals surface area (Å²) in [7, 11) is 0. The van der Waals surface area contributed by atoms with Crippen LogP contribution in [0.2, 0.25) is 0 Å². The number of hydrogen-bond acceptors (Lipinski definition) is 2. The maximum Gasteiger partial charge on any atom is 0.0570 e. The maximum atomic E-state index is 4.33. The van der Waals surface area contributed by atoms with E-state index >= 15 is 0 Å². The van der Waals surface area contributed by atoms with Crippen LogP contribution in [0, 0.1) is 0 Å². The molecule has 1 heterocycles. The largest absolute Gasteiger partial charge is 0.309 e. The SMILES string of the molecule is C=CCCCCCNC(C)c1ccccn1. The third-order valence-electron chi connectivity index (χ3n) is 2.67. The van der Waals surface area contributed by atoms with Crippen molar-refractivity contribution in [2.45, 2.75) is 38.6 Å². The minimum Gasteiger partial charge on any atom is -0.309 e. The van der Waals surface area contributed by atoms with Gasteiger partial charge in [-0.25, -0.2) is 0 Å². The Kier molecular flexibility index (Phi) is 6.50. The van der Waals surface area contributed by atoms with Gasteiger partial charge in [-0.05, 0) is 44.9 Å². The molecule has 2 nitrogen and oxygen atoms in total. The fourth-order valence-electron chi connectivity index (χ4n) is 1.65. The van der Waals surface area contributed by atoms with Gasteiger partial charge in [0.25, 0.3) is 0 Å². The topological polar surface area (TPSA) is 24.9 Å². The second-order valence-corrected chi connectivity index (χ2v) is 4.07. The monoisotopic (exact) mass is 218 g/mol. The van der Waals surface area contributed by atoms with E-state index in [1.807, 2.05) is 24.4 Å². The summed E-state index contributed by atoms with van der Waals surface area (Å²) in [5.41, 5.74) is 1.12. The molecule has 0 fully saturated rings. The lowest BCUT2D eigenvalue weighted by molar-refractivity contribution is 0.531. The molecule has 88 valence electrons. The first-order chi connectivity index (χ1) is 7.84. The van der Waals surface area contributed by atoms with Crippen LogP contribution in [0.3, 0.4) is 0 Å². The Morgan fingerprint density at radius 2 is 2.25 bits per heavy atom. The van der Waals surface area contributed by atoms with Gasteiger partial charge in [-0.15, -0.1) is 6.58 Å². The fourth-order valence-corrected chi connectivity index (χ4v) is 1.65. The molecule has 1 N–H and O–H groups in total. The van der Waals surface area contributed by atoms with E-state index < -0.39 is 0 Å². The first-order valence-electron chi connectivity index (χ1n) is 6.10. The van der Waals surface area contributed by atoms with Gasteiger partial charge in [-0.1, -0.05) is 18.6 Å². The molecular weight excluding hydrogens is 196 g/mol. The van der Waals surface area contributed by atoms with Gasteiger partial charge in [-0.2, -0.15) is 0 Å². The molecule has 0 bridgehead atoms. The predicted octanol–water partition coefficient (Wildman–Crippen LogP) is 3.48. The van der Waals surface area contributed by atoms with E-state index in [0.717, 1.165) is 18.7 Å². The van der Waals surface area contributed by atoms with E-state index in [1.54, 1.807) is 0 Å². The minimum atomic E-state index is 0.348. The van der Waals surface area contributed by atoms with Gasteiger partial charge in [-0.3, -0.25) is 4.98 Å². The molecule has 1 aromatic rings. The molecule has 1 unspecified atom stereocenters.